The van der Waals surface area contributed by atoms with Gasteiger partial charge in [0.1, 0.15) is 5.75 Å². The molecule has 1 aromatic heterocycles. The van der Waals surface area contributed by atoms with E-state index in [0.717, 1.165) is 37.9 Å². The van der Waals surface area contributed by atoms with Crippen molar-refractivity contribution in [1.82, 2.24) is 4.57 Å². The van der Waals surface area contributed by atoms with Crippen LogP contribution in [0.4, 0.5) is 11.4 Å². The zero-order valence-corrected chi connectivity index (χ0v) is 20.9. The standard InChI is InChI=1S/C25H23BrN4O2S/c1-15-4-5-16(2)17(12-15)14-30-22-11-6-18(26)13-21(22)23(24(30)31)28-29-25(33)27-19-7-9-20(32-3)10-8-19/h4-13,31H,14H2,1-3H3,(H,27,33). The quantitative estimate of drug-likeness (QED) is 0.213. The smallest absolute Gasteiger partial charge is 0.221 e. The molecule has 4 aromatic rings. The number of aromatic nitrogens is 1. The highest BCUT2D eigenvalue weighted by atomic mass is 79.9. The van der Waals surface area contributed by atoms with Gasteiger partial charge in [-0.1, -0.05) is 39.7 Å². The van der Waals surface area contributed by atoms with Gasteiger partial charge in [-0.15, -0.1) is 10.2 Å². The monoisotopic (exact) mass is 522 g/mol. The Labute approximate surface area is 206 Å². The lowest BCUT2D eigenvalue weighted by Crippen LogP contribution is -2.04. The topological polar surface area (TPSA) is 71.1 Å². The van der Waals surface area contributed by atoms with E-state index in [0.29, 0.717) is 12.2 Å². The molecule has 2 N–H and O–H groups in total. The van der Waals surface area contributed by atoms with Gasteiger partial charge < -0.3 is 19.7 Å². The number of anilines is 1. The van der Waals surface area contributed by atoms with Crippen molar-refractivity contribution < 1.29 is 9.84 Å². The molecule has 0 unspecified atom stereocenters. The summed E-state index contributed by atoms with van der Waals surface area (Å²) in [6.07, 6.45) is 0. The second-order valence-corrected chi connectivity index (χ2v) is 9.01. The largest absolute Gasteiger partial charge is 0.497 e. The summed E-state index contributed by atoms with van der Waals surface area (Å²) in [6, 6.07) is 19.5. The summed E-state index contributed by atoms with van der Waals surface area (Å²) in [5.41, 5.74) is 5.46. The van der Waals surface area contributed by atoms with Crippen LogP contribution in [0.5, 0.6) is 11.6 Å². The maximum absolute atomic E-state index is 11.1. The highest BCUT2D eigenvalue weighted by Gasteiger charge is 2.18. The van der Waals surface area contributed by atoms with E-state index in [1.165, 1.54) is 5.56 Å². The summed E-state index contributed by atoms with van der Waals surface area (Å²) in [6.45, 7) is 4.64. The van der Waals surface area contributed by atoms with E-state index >= 15 is 0 Å². The van der Waals surface area contributed by atoms with Crippen molar-refractivity contribution in [3.8, 4) is 11.6 Å². The number of aromatic hydroxyl groups is 1. The Bertz CT molecular complexity index is 1360. The first-order valence-electron chi connectivity index (χ1n) is 10.3. The van der Waals surface area contributed by atoms with E-state index in [2.05, 4.69) is 63.5 Å². The van der Waals surface area contributed by atoms with Crippen molar-refractivity contribution in [2.24, 2.45) is 10.2 Å². The van der Waals surface area contributed by atoms with E-state index in [1.54, 1.807) is 7.11 Å². The molecule has 1 heterocycles. The summed E-state index contributed by atoms with van der Waals surface area (Å²) in [5.74, 6) is 0.792. The average Bonchev–Trinajstić information content (AvgIpc) is 3.05. The Balaban J connectivity index is 1.66. The molecule has 6 nitrogen and oxygen atoms in total. The van der Waals surface area contributed by atoms with Crippen LogP contribution < -0.4 is 10.1 Å². The van der Waals surface area contributed by atoms with Gasteiger partial charge >= 0.3 is 0 Å². The minimum Gasteiger partial charge on any atom is -0.497 e. The van der Waals surface area contributed by atoms with Gasteiger partial charge in [0.25, 0.3) is 0 Å². The van der Waals surface area contributed by atoms with Crippen molar-refractivity contribution in [3.05, 3.63) is 81.8 Å². The number of benzene rings is 3. The number of ether oxygens (including phenoxy) is 1. The summed E-state index contributed by atoms with van der Waals surface area (Å²) < 4.78 is 7.89. The molecule has 0 amide bonds. The van der Waals surface area contributed by atoms with Crippen LogP contribution >= 0.6 is 28.1 Å². The first-order chi connectivity index (χ1) is 15.9. The SMILES string of the molecule is COc1ccc(NC(=S)N=Nc2c(O)n(Cc3cc(C)ccc3C)c3ccc(Br)cc23)cc1. The molecule has 0 bridgehead atoms. The van der Waals surface area contributed by atoms with Crippen molar-refractivity contribution in [3.63, 3.8) is 0 Å². The van der Waals surface area contributed by atoms with Gasteiger partial charge in [0.15, 0.2) is 5.69 Å². The molecule has 0 fully saturated rings. The van der Waals surface area contributed by atoms with Crippen LogP contribution in [0.25, 0.3) is 10.9 Å². The Morgan fingerprint density at radius 3 is 2.58 bits per heavy atom. The third kappa shape index (κ3) is 5.07. The van der Waals surface area contributed by atoms with Gasteiger partial charge in [-0.2, -0.15) is 0 Å². The minimum atomic E-state index is 0.0417. The van der Waals surface area contributed by atoms with Crippen LogP contribution in [-0.2, 0) is 6.54 Å². The third-order valence-corrected chi connectivity index (χ3v) is 6.06. The molecule has 0 saturated carbocycles. The third-order valence-electron chi connectivity index (χ3n) is 5.39. The Kier molecular flexibility index (Phi) is 6.76. The number of hydrogen-bond donors (Lipinski definition) is 2. The van der Waals surface area contributed by atoms with Crippen LogP contribution in [0.1, 0.15) is 16.7 Å². The van der Waals surface area contributed by atoms with Crippen LogP contribution in [0, 0.1) is 13.8 Å². The maximum atomic E-state index is 11.1. The van der Waals surface area contributed by atoms with Gasteiger partial charge in [-0.05, 0) is 79.7 Å². The first-order valence-corrected chi connectivity index (χ1v) is 11.5. The number of azo groups is 1. The van der Waals surface area contributed by atoms with Gasteiger partial charge in [0, 0.05) is 15.5 Å². The second kappa shape index (κ2) is 9.72. The number of aryl methyl sites for hydroxylation is 2. The Morgan fingerprint density at radius 1 is 1.09 bits per heavy atom. The summed E-state index contributed by atoms with van der Waals surface area (Å²) in [5, 5.41) is 23.6. The number of thiocarbonyl (C=S) groups is 1. The zero-order chi connectivity index (χ0) is 23.5. The molecule has 8 heteroatoms. The van der Waals surface area contributed by atoms with E-state index in [1.807, 2.05) is 47.0 Å². The van der Waals surface area contributed by atoms with E-state index in [9.17, 15) is 5.11 Å². The van der Waals surface area contributed by atoms with Crippen LogP contribution in [0.3, 0.4) is 0 Å². The van der Waals surface area contributed by atoms with Crippen molar-refractivity contribution >= 4 is 55.5 Å². The van der Waals surface area contributed by atoms with E-state index in [-0.39, 0.29) is 11.0 Å². The lowest BCUT2D eigenvalue weighted by atomic mass is 10.1. The van der Waals surface area contributed by atoms with Crippen molar-refractivity contribution in [2.45, 2.75) is 20.4 Å². The lowest BCUT2D eigenvalue weighted by Gasteiger charge is -2.11. The molecule has 0 saturated heterocycles. The summed E-state index contributed by atoms with van der Waals surface area (Å²) >= 11 is 8.84. The van der Waals surface area contributed by atoms with E-state index < -0.39 is 0 Å². The number of rotatable bonds is 5. The fourth-order valence-electron chi connectivity index (χ4n) is 3.61. The van der Waals surface area contributed by atoms with Gasteiger partial charge in [-0.25, -0.2) is 0 Å². The van der Waals surface area contributed by atoms with Crippen molar-refractivity contribution in [2.75, 3.05) is 12.4 Å². The number of nitrogens with zero attached hydrogens (tertiary/aromatic N) is 3. The molecule has 0 spiro atoms. The second-order valence-electron chi connectivity index (χ2n) is 7.71. The van der Waals surface area contributed by atoms with Gasteiger partial charge in [-0.3, -0.25) is 0 Å². The Morgan fingerprint density at radius 2 is 1.85 bits per heavy atom. The highest BCUT2D eigenvalue weighted by Crippen LogP contribution is 2.40. The molecule has 0 aliphatic carbocycles. The number of fused-ring (bicyclic) bond motifs is 1. The molecule has 0 aliphatic rings. The summed E-state index contributed by atoms with van der Waals surface area (Å²) in [7, 11) is 1.61. The summed E-state index contributed by atoms with van der Waals surface area (Å²) in [4.78, 5) is 0. The molecular weight excluding hydrogens is 500 g/mol. The number of nitrogens with one attached hydrogen (secondary N) is 1. The fraction of sp³-hybridized carbons (Fsp3) is 0.160. The molecule has 33 heavy (non-hydrogen) atoms. The van der Waals surface area contributed by atoms with Gasteiger partial charge in [0.05, 0.1) is 19.2 Å². The first kappa shape index (κ1) is 22.9. The normalized spacial score (nSPS) is 11.3. The molecule has 0 atom stereocenters. The zero-order valence-electron chi connectivity index (χ0n) is 18.5. The average molecular weight is 523 g/mol. The number of methoxy groups -OCH3 is 1. The van der Waals surface area contributed by atoms with Gasteiger partial charge in [0.2, 0.25) is 11.0 Å². The Hall–Kier alpha value is -3.23. The predicted molar refractivity (Wildman–Crippen MR) is 140 cm³/mol. The fourth-order valence-corrected chi connectivity index (χ4v) is 4.13. The van der Waals surface area contributed by atoms with E-state index in [4.69, 9.17) is 17.0 Å². The highest BCUT2D eigenvalue weighted by molar-refractivity contribution is 9.10. The minimum absolute atomic E-state index is 0.0417. The van der Waals surface area contributed by atoms with Crippen molar-refractivity contribution in [1.29, 1.82) is 0 Å². The molecular formula is C25H23BrN4O2S. The molecule has 168 valence electrons. The van der Waals surface area contributed by atoms with Crippen LogP contribution in [-0.4, -0.2) is 21.9 Å². The van der Waals surface area contributed by atoms with Crippen LogP contribution in [0.2, 0.25) is 0 Å². The molecule has 0 aliphatic heterocycles. The molecule has 3 aromatic carbocycles. The predicted octanol–water partition coefficient (Wildman–Crippen LogP) is 7.26. The molecule has 0 radical (unpaired) electrons. The lowest BCUT2D eigenvalue weighted by molar-refractivity contribution is 0.415. The van der Waals surface area contributed by atoms with Crippen LogP contribution in [0.15, 0.2) is 75.4 Å². The maximum Gasteiger partial charge on any atom is 0.221 e. The number of halogens is 1. The molecule has 4 rings (SSSR count). The number of hydrogen-bond acceptors (Lipinski definition) is 4.